The Balaban J connectivity index is 1.46. The third-order valence-corrected chi connectivity index (χ3v) is 10.2. The van der Waals surface area contributed by atoms with Gasteiger partial charge in [0.15, 0.2) is 0 Å². The first-order valence-corrected chi connectivity index (χ1v) is 16.2. The number of carbonyl (C=O) groups excluding carboxylic acids is 2. The number of carbonyl (C=O) groups is 2. The first kappa shape index (κ1) is 34.2. The van der Waals surface area contributed by atoms with Gasteiger partial charge in [-0.15, -0.1) is 0 Å². The summed E-state index contributed by atoms with van der Waals surface area (Å²) >= 11 is 6.03. The fourth-order valence-corrected chi connectivity index (χ4v) is 7.41. The van der Waals surface area contributed by atoms with E-state index in [1.54, 1.807) is 31.2 Å². The van der Waals surface area contributed by atoms with Crippen LogP contribution in [-0.4, -0.2) is 67.0 Å². The normalized spacial score (nSPS) is 26.9. The topological polar surface area (TPSA) is 145 Å². The molecule has 242 valence electrons. The van der Waals surface area contributed by atoms with Crippen LogP contribution in [0.3, 0.4) is 0 Å². The van der Waals surface area contributed by atoms with Gasteiger partial charge in [-0.1, -0.05) is 56.9 Å². The van der Waals surface area contributed by atoms with Crippen LogP contribution in [0, 0.1) is 33.5 Å². The number of hydrogen-bond donors (Lipinski definition) is 5. The van der Waals surface area contributed by atoms with Crippen molar-refractivity contribution in [3.05, 3.63) is 39.8 Å². The Morgan fingerprint density at radius 3 is 2.41 bits per heavy atom. The molecule has 1 unspecified atom stereocenters. The van der Waals surface area contributed by atoms with Crippen molar-refractivity contribution in [3.8, 4) is 0 Å². The number of hydrogen-bond acceptors (Lipinski definition) is 6. The molecule has 4 aliphatic rings. The summed E-state index contributed by atoms with van der Waals surface area (Å²) in [4.78, 5) is 38.8. The highest BCUT2D eigenvalue weighted by Crippen LogP contribution is 2.65. The number of nitrogens with one attached hydrogen (secondary N) is 5. The van der Waals surface area contributed by atoms with Crippen LogP contribution >= 0.6 is 11.6 Å². The Morgan fingerprint density at radius 1 is 1.11 bits per heavy atom. The van der Waals surface area contributed by atoms with Gasteiger partial charge in [-0.05, 0) is 86.8 Å². The van der Waals surface area contributed by atoms with Gasteiger partial charge >= 0.3 is 7.12 Å². The lowest BCUT2D eigenvalue weighted by atomic mass is 9.43. The summed E-state index contributed by atoms with van der Waals surface area (Å²) in [5.74, 6) is -0.331. The average Bonchev–Trinajstić information content (AvgIpc) is 3.30. The van der Waals surface area contributed by atoms with Crippen molar-refractivity contribution >= 4 is 36.5 Å². The van der Waals surface area contributed by atoms with E-state index in [-0.39, 0.29) is 41.2 Å². The molecular weight excluding hydrogens is 583 g/mol. The highest BCUT2D eigenvalue weighted by molar-refractivity contribution is 6.48. The van der Waals surface area contributed by atoms with E-state index in [0.29, 0.717) is 47.5 Å². The standard InChI is InChI=1S/C31H48BClN6O5/c1-18(2)15-26(32-43-25-17-21-16-24(30(21,4)5)31(25,6)44-32)37-28(41)23(9-8-14-35-29(34)38-39(7)42)36-27(40)19(3)20-10-12-22(33)13-11-20/h10-13,18-19,21,23-26H,8-9,14-17H2,1-7H3,(H4-,34,35,36,37,38,40,41,42)/p+1/t19?,21-,23-,24-,25+,26-,31-/m0/s1. The minimum atomic E-state index is -0.830. The SMILES string of the molecule is CC(C)C[C@H](NC(=O)[C@H](CCCNC(=N)N[N+](C)=O)NC(=O)C(C)c1ccc(Cl)cc1)B1O[C@@H]2C[C@@H]3C[C@@H](C3(C)C)[C@]2(C)O1. The van der Waals surface area contributed by atoms with Crippen molar-refractivity contribution in [2.24, 2.45) is 23.2 Å². The fraction of sp³-hybridized carbons (Fsp3) is 0.710. The Kier molecular flexibility index (Phi) is 10.7. The second kappa shape index (κ2) is 13.7. The van der Waals surface area contributed by atoms with E-state index < -0.39 is 24.7 Å². The summed E-state index contributed by atoms with van der Waals surface area (Å²) in [7, 11) is 0.673. The summed E-state index contributed by atoms with van der Waals surface area (Å²) < 4.78 is 13.3. The molecule has 3 saturated carbocycles. The Bertz CT molecular complexity index is 1230. The van der Waals surface area contributed by atoms with Crippen LogP contribution in [0.15, 0.2) is 24.3 Å². The van der Waals surface area contributed by atoms with Gasteiger partial charge in [-0.3, -0.25) is 15.0 Å². The average molecular weight is 632 g/mol. The molecule has 1 aliphatic heterocycles. The van der Waals surface area contributed by atoms with Crippen LogP contribution in [0.25, 0.3) is 0 Å². The molecule has 13 heteroatoms. The summed E-state index contributed by atoms with van der Waals surface area (Å²) in [5.41, 5.74) is 2.90. The molecule has 1 aromatic carbocycles. The number of hydrazine groups is 1. The number of nitrogens with zero attached hydrogens (tertiary/aromatic N) is 1. The Morgan fingerprint density at radius 2 is 1.80 bits per heavy atom. The molecule has 3 aliphatic carbocycles. The molecule has 5 rings (SSSR count). The lowest BCUT2D eigenvalue weighted by Crippen LogP contribution is -2.65. The third kappa shape index (κ3) is 7.57. The van der Waals surface area contributed by atoms with Gasteiger partial charge in [0.1, 0.15) is 10.9 Å². The largest absolute Gasteiger partial charge is 0.481 e. The van der Waals surface area contributed by atoms with Crippen molar-refractivity contribution in [1.82, 2.24) is 21.4 Å². The van der Waals surface area contributed by atoms with Gasteiger partial charge in [0, 0.05) is 11.6 Å². The molecule has 5 N–H and O–H groups in total. The number of nitroso groups, excluding NO2 is 1. The Hall–Kier alpha value is -2.70. The molecule has 44 heavy (non-hydrogen) atoms. The summed E-state index contributed by atoms with van der Waals surface area (Å²) in [6.07, 6.45) is 3.53. The molecule has 1 heterocycles. The van der Waals surface area contributed by atoms with E-state index in [1.807, 2.05) is 0 Å². The fourth-order valence-electron chi connectivity index (χ4n) is 7.29. The van der Waals surface area contributed by atoms with Crippen LogP contribution in [0.2, 0.25) is 5.02 Å². The molecular formula is C31H49BClN6O5+. The maximum absolute atomic E-state index is 13.9. The minimum absolute atomic E-state index is 0.00488. The maximum Gasteiger partial charge on any atom is 0.481 e. The number of amides is 2. The number of benzene rings is 1. The van der Waals surface area contributed by atoms with Gasteiger partial charge in [0.25, 0.3) is 0 Å². The van der Waals surface area contributed by atoms with Crippen LogP contribution in [-0.2, 0) is 18.9 Å². The van der Waals surface area contributed by atoms with Gasteiger partial charge in [0.05, 0.1) is 28.5 Å². The van der Waals surface area contributed by atoms with Crippen molar-refractivity contribution in [1.29, 1.82) is 5.41 Å². The number of rotatable bonds is 13. The lowest BCUT2D eigenvalue weighted by Gasteiger charge is -2.64. The molecule has 0 spiro atoms. The third-order valence-electron chi connectivity index (χ3n) is 9.99. The summed E-state index contributed by atoms with van der Waals surface area (Å²) in [6.45, 7) is 13.1. The molecule has 2 bridgehead atoms. The monoisotopic (exact) mass is 631 g/mol. The van der Waals surface area contributed by atoms with Gasteiger partial charge in [0.2, 0.25) is 24.8 Å². The summed E-state index contributed by atoms with van der Waals surface area (Å²) in [6, 6.07) is 6.25. The molecule has 7 atom stereocenters. The lowest BCUT2D eigenvalue weighted by molar-refractivity contribution is -0.563. The minimum Gasteiger partial charge on any atom is -0.404 e. The van der Waals surface area contributed by atoms with Gasteiger partial charge in [-0.2, -0.15) is 0 Å². The second-order valence-electron chi connectivity index (χ2n) is 14.0. The molecule has 11 nitrogen and oxygen atoms in total. The van der Waals surface area contributed by atoms with Crippen molar-refractivity contribution in [3.63, 3.8) is 0 Å². The van der Waals surface area contributed by atoms with E-state index >= 15 is 0 Å². The highest BCUT2D eigenvalue weighted by Gasteiger charge is 2.68. The van der Waals surface area contributed by atoms with Crippen LogP contribution in [0.5, 0.6) is 0 Å². The molecule has 4 fully saturated rings. The maximum atomic E-state index is 13.9. The van der Waals surface area contributed by atoms with Crippen molar-refractivity contribution in [2.45, 2.75) is 103 Å². The number of halogens is 1. The quantitative estimate of drug-likeness (QED) is 0.0554. The van der Waals surface area contributed by atoms with Crippen LogP contribution < -0.4 is 21.4 Å². The van der Waals surface area contributed by atoms with E-state index in [2.05, 4.69) is 56.0 Å². The number of guanidine groups is 1. The second-order valence-corrected chi connectivity index (χ2v) is 14.4. The highest BCUT2D eigenvalue weighted by atomic mass is 35.5. The van der Waals surface area contributed by atoms with E-state index in [9.17, 15) is 14.5 Å². The molecule has 0 aromatic heterocycles. The first-order valence-electron chi connectivity index (χ1n) is 15.8. The zero-order chi connectivity index (χ0) is 32.4. The molecule has 2 amide bonds. The van der Waals surface area contributed by atoms with Crippen LogP contribution in [0.1, 0.15) is 85.1 Å². The van der Waals surface area contributed by atoms with E-state index in [1.165, 1.54) is 7.05 Å². The van der Waals surface area contributed by atoms with Crippen molar-refractivity contribution < 1.29 is 23.8 Å². The predicted octanol–water partition coefficient (Wildman–Crippen LogP) is 3.94. The smallest absolute Gasteiger partial charge is 0.404 e. The summed E-state index contributed by atoms with van der Waals surface area (Å²) in [5, 5.41) is 17.3. The van der Waals surface area contributed by atoms with E-state index in [0.717, 1.165) is 18.4 Å². The first-order chi connectivity index (χ1) is 20.6. The van der Waals surface area contributed by atoms with Gasteiger partial charge in [-0.25, -0.2) is 0 Å². The zero-order valence-corrected chi connectivity index (χ0v) is 27.8. The van der Waals surface area contributed by atoms with Crippen LogP contribution in [0.4, 0.5) is 0 Å². The van der Waals surface area contributed by atoms with Crippen molar-refractivity contribution in [2.75, 3.05) is 13.6 Å². The predicted molar refractivity (Wildman–Crippen MR) is 171 cm³/mol. The molecule has 0 radical (unpaired) electrons. The Labute approximate surface area is 266 Å². The van der Waals surface area contributed by atoms with E-state index in [4.69, 9.17) is 26.3 Å². The zero-order valence-electron chi connectivity index (χ0n) is 27.0. The molecule has 1 saturated heterocycles. The van der Waals surface area contributed by atoms with Gasteiger partial charge < -0.3 is 25.3 Å². The molecule has 1 aromatic rings.